The Balaban J connectivity index is 1.39. The molecular formula is C38H48N4O11. The first-order valence-corrected chi connectivity index (χ1v) is 18.2. The number of morpholine rings is 1. The first kappa shape index (κ1) is 37.8. The number of carbonyl (C=O) groups excluding carboxylic acids is 3. The summed E-state index contributed by atoms with van der Waals surface area (Å²) in [6.45, 7) is 9.32. The Bertz CT molecular complexity index is 1850. The molecule has 9 N–H and O–H groups in total. The largest absolute Gasteiger partial charge is 0.511 e. The Kier molecular flexibility index (Phi) is 10.8. The summed E-state index contributed by atoms with van der Waals surface area (Å²) in [7, 11) is 0. The molecule has 1 saturated heterocycles. The first-order chi connectivity index (χ1) is 25.4. The van der Waals surface area contributed by atoms with Gasteiger partial charge in [0.05, 0.1) is 55.2 Å². The van der Waals surface area contributed by atoms with Crippen LogP contribution >= 0.6 is 0 Å². The fraction of sp³-hybridized carbons (Fsp3) is 0.500. The second kappa shape index (κ2) is 15.2. The number of hydrogen-bond donors (Lipinski definition) is 8. The number of hydrogen-bond acceptors (Lipinski definition) is 14. The third-order valence-electron chi connectivity index (χ3n) is 10.7. The highest BCUT2D eigenvalue weighted by molar-refractivity contribution is 6.24. The van der Waals surface area contributed by atoms with E-state index in [2.05, 4.69) is 29.6 Å². The third kappa shape index (κ3) is 6.50. The minimum absolute atomic E-state index is 0.209. The number of phenolic OH excluding ortho intramolecular Hbond substituents is 1. The predicted octanol–water partition coefficient (Wildman–Crippen LogP) is 3.75. The number of allylic oxidation sites excluding steroid dienone is 1. The van der Waals surface area contributed by atoms with Crippen molar-refractivity contribution >= 4 is 34.5 Å². The Morgan fingerprint density at radius 1 is 1.00 bits per heavy atom. The van der Waals surface area contributed by atoms with E-state index in [9.17, 15) is 39.9 Å². The Labute approximate surface area is 307 Å². The molecule has 1 unspecified atom stereocenters. The van der Waals surface area contributed by atoms with Crippen molar-refractivity contribution in [3.05, 3.63) is 58.1 Å². The van der Waals surface area contributed by atoms with Crippen LogP contribution in [0.2, 0.25) is 0 Å². The van der Waals surface area contributed by atoms with Crippen molar-refractivity contribution < 1.29 is 54.1 Å². The number of carbonyl (C=O) groups is 3. The van der Waals surface area contributed by atoms with Crippen molar-refractivity contribution in [1.82, 2.24) is 0 Å². The van der Waals surface area contributed by atoms with Crippen LogP contribution in [0.25, 0.3) is 0 Å². The van der Waals surface area contributed by atoms with Crippen LogP contribution in [0.15, 0.2) is 46.9 Å². The smallest absolute Gasteiger partial charge is 0.255 e. The lowest BCUT2D eigenvalue weighted by molar-refractivity contribution is -0.154. The number of nitrogens with two attached hydrogens (primary N) is 1. The number of amides is 1. The molecule has 1 heterocycles. The molecule has 15 nitrogen and oxygen atoms in total. The molecule has 4 aliphatic rings. The second-order valence-corrected chi connectivity index (χ2v) is 14.0. The van der Waals surface area contributed by atoms with Crippen LogP contribution in [-0.4, -0.2) is 94.2 Å². The topological polar surface area (TPSA) is 233 Å². The molecule has 0 aromatic heterocycles. The number of ether oxygens (including phenoxy) is 3. The second-order valence-electron chi connectivity index (χ2n) is 14.0. The van der Waals surface area contributed by atoms with Crippen molar-refractivity contribution in [2.24, 2.45) is 17.6 Å². The van der Waals surface area contributed by atoms with Gasteiger partial charge in [0.15, 0.2) is 11.4 Å². The Morgan fingerprint density at radius 2 is 1.64 bits per heavy atom. The first-order valence-electron chi connectivity index (χ1n) is 18.2. The lowest BCUT2D eigenvalue weighted by Gasteiger charge is -2.50. The number of nitrogens with one attached hydrogen (secondary N) is 2. The highest BCUT2D eigenvalue weighted by Gasteiger charge is 2.64. The van der Waals surface area contributed by atoms with Gasteiger partial charge in [0.25, 0.3) is 5.91 Å². The number of anilines is 3. The van der Waals surface area contributed by atoms with E-state index in [1.54, 1.807) is 13.0 Å². The molecule has 0 saturated carbocycles. The number of nitrogens with zero attached hydrogens (tertiary/aromatic N) is 1. The maximum atomic E-state index is 14.2. The number of unbranched alkanes of at least 4 members (excludes halogenated alkanes) is 2. The number of hydrazine groups is 1. The van der Waals surface area contributed by atoms with Gasteiger partial charge in [0.2, 0.25) is 5.78 Å². The average molecular weight is 737 g/mol. The number of primary amides is 1. The molecule has 0 bridgehead atoms. The van der Waals surface area contributed by atoms with Gasteiger partial charge >= 0.3 is 0 Å². The molecule has 0 radical (unpaired) electrons. The number of phenols is 1. The SMILES string of the molecule is CCCCOc1cc(N2CCOCC2)c(OCCCC)cc1NNc1ccc(O)c2c1C(C)[C@@H]1C(=C(O)[C@]3(O)C(=O)C(C(N)=O)=C(O)C[C@@H]3[C@H]1O)C2=O. The molecule has 1 aliphatic heterocycles. The van der Waals surface area contributed by atoms with Crippen LogP contribution < -0.4 is 31.0 Å². The van der Waals surface area contributed by atoms with Gasteiger partial charge in [-0.2, -0.15) is 0 Å². The van der Waals surface area contributed by atoms with Crippen molar-refractivity contribution in [3.63, 3.8) is 0 Å². The van der Waals surface area contributed by atoms with Crippen LogP contribution in [0.3, 0.4) is 0 Å². The lowest BCUT2D eigenvalue weighted by atomic mass is 9.56. The molecule has 5 atom stereocenters. The molecule has 3 aliphatic carbocycles. The average Bonchev–Trinajstić information content (AvgIpc) is 3.13. The molecule has 53 heavy (non-hydrogen) atoms. The number of benzene rings is 2. The van der Waals surface area contributed by atoms with E-state index < -0.39 is 81.8 Å². The van der Waals surface area contributed by atoms with E-state index in [-0.39, 0.29) is 5.56 Å². The van der Waals surface area contributed by atoms with Gasteiger partial charge in [0.1, 0.15) is 34.3 Å². The number of ketones is 2. The minimum Gasteiger partial charge on any atom is -0.511 e. The monoisotopic (exact) mass is 736 g/mol. The fourth-order valence-corrected chi connectivity index (χ4v) is 7.91. The van der Waals surface area contributed by atoms with E-state index >= 15 is 0 Å². The predicted molar refractivity (Wildman–Crippen MR) is 194 cm³/mol. The number of rotatable bonds is 13. The zero-order chi connectivity index (χ0) is 38.2. The van der Waals surface area contributed by atoms with Gasteiger partial charge in [-0.3, -0.25) is 19.8 Å². The van der Waals surface area contributed by atoms with Crippen molar-refractivity contribution in [3.8, 4) is 17.2 Å². The number of aliphatic hydroxyl groups is 4. The molecule has 0 spiro atoms. The summed E-state index contributed by atoms with van der Waals surface area (Å²) in [5.74, 6) is -8.22. The van der Waals surface area contributed by atoms with Gasteiger partial charge in [-0.25, -0.2) is 0 Å². The third-order valence-corrected chi connectivity index (χ3v) is 10.7. The molecule has 1 fully saturated rings. The normalized spacial score (nSPS) is 25.4. The van der Waals surface area contributed by atoms with Crippen LogP contribution in [0.5, 0.6) is 17.2 Å². The molecule has 15 heteroatoms. The van der Waals surface area contributed by atoms with E-state index in [4.69, 9.17) is 19.9 Å². The fourth-order valence-electron chi connectivity index (χ4n) is 7.91. The van der Waals surface area contributed by atoms with Gasteiger partial charge in [0, 0.05) is 49.1 Å². The van der Waals surface area contributed by atoms with Crippen molar-refractivity contribution in [1.29, 1.82) is 0 Å². The van der Waals surface area contributed by atoms with Crippen LogP contribution in [-0.2, 0) is 14.3 Å². The molecule has 6 rings (SSSR count). The van der Waals surface area contributed by atoms with E-state index in [0.717, 1.165) is 31.4 Å². The summed E-state index contributed by atoms with van der Waals surface area (Å²) >= 11 is 0. The molecule has 2 aromatic rings. The number of aliphatic hydroxyl groups excluding tert-OH is 3. The molecule has 2 aromatic carbocycles. The minimum atomic E-state index is -2.92. The molecule has 286 valence electrons. The standard InChI is InChI=1S/C38H48N4O11/c1-4-6-12-52-26-18-23(42-10-14-51-15-11-42)27(53-13-7-5-2)17-22(26)41-40-21-8-9-24(43)30-28(21)19(3)29-32(34(30)46)36(48)38(50)20(33(29)45)16-25(44)31(35(38)47)37(39)49/h8-9,17-20,29,33,40-41,43-45,48,50H,4-7,10-16H2,1-3H3,(H2,39,49)/t19?,20-,29-,33-,38-/m1/s1. The van der Waals surface area contributed by atoms with Crippen LogP contribution in [0.4, 0.5) is 17.1 Å². The van der Waals surface area contributed by atoms with Gasteiger partial charge in [-0.05, 0) is 36.5 Å². The summed E-state index contributed by atoms with van der Waals surface area (Å²) in [5, 5.41) is 56.4. The van der Waals surface area contributed by atoms with E-state index in [1.807, 2.05) is 12.1 Å². The Hall–Kier alpha value is -4.99. The van der Waals surface area contributed by atoms with E-state index in [0.29, 0.717) is 68.0 Å². The molecular weight excluding hydrogens is 688 g/mol. The summed E-state index contributed by atoms with van der Waals surface area (Å²) in [5.41, 5.74) is 9.21. The number of Topliss-reactive ketones (excluding diaryl/α,β-unsaturated/α-hetero) is 2. The zero-order valence-electron chi connectivity index (χ0n) is 30.1. The highest BCUT2D eigenvalue weighted by atomic mass is 16.5. The lowest BCUT2D eigenvalue weighted by Crippen LogP contribution is -2.62. The van der Waals surface area contributed by atoms with Gasteiger partial charge < -0.3 is 55.8 Å². The molecule has 1 amide bonds. The summed E-state index contributed by atoms with van der Waals surface area (Å²) in [6.07, 6.45) is 1.33. The Morgan fingerprint density at radius 3 is 2.28 bits per heavy atom. The van der Waals surface area contributed by atoms with Crippen LogP contribution in [0, 0.1) is 11.8 Å². The summed E-state index contributed by atoms with van der Waals surface area (Å²) in [4.78, 5) is 41.8. The van der Waals surface area contributed by atoms with Crippen LogP contribution in [0.1, 0.15) is 74.7 Å². The van der Waals surface area contributed by atoms with Gasteiger partial charge in [-0.15, -0.1) is 0 Å². The highest BCUT2D eigenvalue weighted by Crippen LogP contribution is 2.56. The zero-order valence-corrected chi connectivity index (χ0v) is 30.1. The maximum absolute atomic E-state index is 14.2. The van der Waals surface area contributed by atoms with E-state index in [1.165, 1.54) is 6.07 Å². The van der Waals surface area contributed by atoms with Crippen molar-refractivity contribution in [2.45, 2.75) is 70.5 Å². The maximum Gasteiger partial charge on any atom is 0.255 e. The number of aromatic hydroxyl groups is 1. The number of fused-ring (bicyclic) bond motifs is 3. The van der Waals surface area contributed by atoms with Crippen molar-refractivity contribution in [2.75, 3.05) is 55.3 Å². The quantitative estimate of drug-likeness (QED) is 0.0634. The van der Waals surface area contributed by atoms with Gasteiger partial charge in [-0.1, -0.05) is 33.6 Å². The summed E-state index contributed by atoms with van der Waals surface area (Å²) in [6, 6.07) is 6.63. The summed E-state index contributed by atoms with van der Waals surface area (Å²) < 4.78 is 18.1.